The molecule has 3 N–H and O–H groups in total. The predicted octanol–water partition coefficient (Wildman–Crippen LogP) is 8.75. The Labute approximate surface area is 185 Å². The molecule has 0 radical (unpaired) electrons. The van der Waals surface area contributed by atoms with E-state index in [4.69, 9.17) is 5.84 Å². The van der Waals surface area contributed by atoms with Crippen LogP contribution in [0.2, 0.25) is 0 Å². The highest BCUT2D eigenvalue weighted by atomic mass is 35.5. The first kappa shape index (κ1) is 27.6. The third-order valence-corrected chi connectivity index (χ3v) is 6.46. The highest BCUT2D eigenvalue weighted by Gasteiger charge is 2.00. The van der Waals surface area contributed by atoms with Gasteiger partial charge < -0.3 is 5.43 Å². The first-order valence-electron chi connectivity index (χ1n) is 11.6. The summed E-state index contributed by atoms with van der Waals surface area (Å²) in [7, 11) is 0. The smallest absolute Gasteiger partial charge is 0.0620 e. The van der Waals surface area contributed by atoms with Crippen molar-refractivity contribution in [3.63, 3.8) is 0 Å². The molecule has 0 heterocycles. The monoisotopic (exact) mass is 428 g/mol. The number of nitrogen functional groups attached to an aromatic ring is 1. The Morgan fingerprint density at radius 2 is 1.11 bits per heavy atom. The summed E-state index contributed by atoms with van der Waals surface area (Å²) in [5.41, 5.74) is 3.82. The van der Waals surface area contributed by atoms with Crippen LogP contribution in [-0.2, 0) is 0 Å². The van der Waals surface area contributed by atoms with Gasteiger partial charge in [-0.1, -0.05) is 115 Å². The van der Waals surface area contributed by atoms with Crippen LogP contribution in [-0.4, -0.2) is 5.75 Å². The molecule has 0 amide bonds. The zero-order valence-electron chi connectivity index (χ0n) is 18.2. The molecule has 0 aliphatic carbocycles. The Balaban J connectivity index is 0.00000729. The van der Waals surface area contributed by atoms with Crippen LogP contribution in [0.3, 0.4) is 0 Å². The van der Waals surface area contributed by atoms with Crippen molar-refractivity contribution in [3.05, 3.63) is 24.3 Å². The van der Waals surface area contributed by atoms with E-state index in [0.29, 0.717) is 0 Å². The topological polar surface area (TPSA) is 38.0 Å². The molecular formula is C24H45ClN2S. The van der Waals surface area contributed by atoms with Gasteiger partial charge in [-0.15, -0.1) is 24.2 Å². The minimum absolute atomic E-state index is 0. The number of hydrogen-bond donors (Lipinski definition) is 2. The summed E-state index contributed by atoms with van der Waals surface area (Å²) in [5, 5.41) is 0. The van der Waals surface area contributed by atoms with Crippen LogP contribution in [0.1, 0.15) is 110 Å². The van der Waals surface area contributed by atoms with Gasteiger partial charge in [-0.2, -0.15) is 0 Å². The van der Waals surface area contributed by atoms with Crippen molar-refractivity contribution in [2.75, 3.05) is 11.2 Å². The van der Waals surface area contributed by atoms with E-state index in [0.717, 1.165) is 5.69 Å². The van der Waals surface area contributed by atoms with Crippen LogP contribution in [0, 0.1) is 0 Å². The second kappa shape index (κ2) is 21.3. The summed E-state index contributed by atoms with van der Waals surface area (Å²) in [6.45, 7) is 2.29. The van der Waals surface area contributed by atoms with Gasteiger partial charge in [0.05, 0.1) is 5.69 Å². The number of anilines is 1. The fraction of sp³-hybridized carbons (Fsp3) is 0.750. The summed E-state index contributed by atoms with van der Waals surface area (Å²) in [6.07, 6.45) is 22.8. The van der Waals surface area contributed by atoms with Gasteiger partial charge in [0.2, 0.25) is 0 Å². The molecule has 164 valence electrons. The number of halogens is 1. The van der Waals surface area contributed by atoms with E-state index in [1.54, 1.807) is 0 Å². The molecule has 0 fully saturated rings. The summed E-state index contributed by atoms with van der Waals surface area (Å²) >= 11 is 1.92. The van der Waals surface area contributed by atoms with Gasteiger partial charge in [0.1, 0.15) is 0 Å². The first-order chi connectivity index (χ1) is 13.4. The maximum atomic E-state index is 5.55. The molecule has 1 aromatic carbocycles. The largest absolute Gasteiger partial charge is 0.323 e. The van der Waals surface area contributed by atoms with Gasteiger partial charge >= 0.3 is 0 Å². The van der Waals surface area contributed by atoms with E-state index >= 15 is 0 Å². The lowest BCUT2D eigenvalue weighted by atomic mass is 10.0. The Kier molecular flexibility index (Phi) is 21.0. The van der Waals surface area contributed by atoms with E-state index in [1.807, 2.05) is 23.9 Å². The average molecular weight is 429 g/mol. The normalized spacial score (nSPS) is 10.6. The number of thioether (sulfide) groups is 1. The lowest BCUT2D eigenvalue weighted by Crippen LogP contribution is -2.07. The summed E-state index contributed by atoms with van der Waals surface area (Å²) < 4.78 is 0. The molecule has 0 bridgehead atoms. The molecule has 0 saturated carbocycles. The van der Waals surface area contributed by atoms with Crippen LogP contribution in [0.4, 0.5) is 5.69 Å². The highest BCUT2D eigenvalue weighted by Crippen LogP contribution is 2.27. The molecule has 1 rings (SSSR count). The number of benzene rings is 1. The maximum Gasteiger partial charge on any atom is 0.0620 e. The fourth-order valence-corrected chi connectivity index (χ4v) is 4.57. The number of hydrazine groups is 1. The van der Waals surface area contributed by atoms with Gasteiger partial charge in [0.25, 0.3) is 0 Å². The van der Waals surface area contributed by atoms with Crippen LogP contribution in [0.25, 0.3) is 0 Å². The number of rotatable bonds is 19. The maximum absolute atomic E-state index is 5.55. The molecule has 4 heteroatoms. The zero-order valence-corrected chi connectivity index (χ0v) is 19.9. The molecule has 0 atom stereocenters. The first-order valence-corrected chi connectivity index (χ1v) is 12.6. The molecule has 0 aromatic heterocycles. The van der Waals surface area contributed by atoms with Crippen molar-refractivity contribution in [2.24, 2.45) is 5.84 Å². The third kappa shape index (κ3) is 15.5. The molecule has 0 spiro atoms. The van der Waals surface area contributed by atoms with Gasteiger partial charge in [-0.05, 0) is 24.3 Å². The highest BCUT2D eigenvalue weighted by molar-refractivity contribution is 7.99. The van der Waals surface area contributed by atoms with Crippen LogP contribution in [0.15, 0.2) is 29.2 Å². The second-order valence-corrected chi connectivity index (χ2v) is 8.93. The molecule has 0 saturated heterocycles. The van der Waals surface area contributed by atoms with E-state index in [-0.39, 0.29) is 12.4 Å². The summed E-state index contributed by atoms with van der Waals surface area (Å²) in [4.78, 5) is 1.26. The van der Waals surface area contributed by atoms with Gasteiger partial charge in [0.15, 0.2) is 0 Å². The average Bonchev–Trinajstić information content (AvgIpc) is 2.70. The predicted molar refractivity (Wildman–Crippen MR) is 132 cm³/mol. The molecule has 1 aromatic rings. The van der Waals surface area contributed by atoms with Crippen molar-refractivity contribution >= 4 is 29.9 Å². The van der Waals surface area contributed by atoms with E-state index < -0.39 is 0 Å². The van der Waals surface area contributed by atoms with Gasteiger partial charge in [-0.25, -0.2) is 0 Å². The molecular weight excluding hydrogens is 384 g/mol. The number of nitrogens with one attached hydrogen (secondary N) is 1. The molecule has 0 unspecified atom stereocenters. The molecule has 0 aliphatic rings. The molecule has 0 aliphatic heterocycles. The van der Waals surface area contributed by atoms with Crippen LogP contribution in [0.5, 0.6) is 0 Å². The standard InChI is InChI=1S/C24H44N2S.ClH/c1-2-3-4-5-6-7-8-9-10-11-12-13-14-15-16-19-22-27-24-21-18-17-20-23(24)26-25;/h17-18,20-21,26H,2-16,19,22,25H2,1H3;1H. The van der Waals surface area contributed by atoms with Crippen LogP contribution >= 0.6 is 24.2 Å². The van der Waals surface area contributed by atoms with Crippen molar-refractivity contribution in [2.45, 2.75) is 115 Å². The van der Waals surface area contributed by atoms with Gasteiger partial charge in [0, 0.05) is 4.90 Å². The van der Waals surface area contributed by atoms with Crippen molar-refractivity contribution in [1.29, 1.82) is 0 Å². The lowest BCUT2D eigenvalue weighted by molar-refractivity contribution is 0.532. The third-order valence-electron chi connectivity index (χ3n) is 5.30. The fourth-order valence-electron chi connectivity index (χ4n) is 3.54. The Hall–Kier alpha value is -0.380. The SMILES string of the molecule is CCCCCCCCCCCCCCCCCCSc1ccccc1NN.Cl. The zero-order chi connectivity index (χ0) is 19.4. The molecule has 2 nitrogen and oxygen atoms in total. The Morgan fingerprint density at radius 1 is 0.679 bits per heavy atom. The quantitative estimate of drug-likeness (QED) is 0.1000. The van der Waals surface area contributed by atoms with E-state index in [2.05, 4.69) is 24.5 Å². The Morgan fingerprint density at radius 3 is 1.57 bits per heavy atom. The summed E-state index contributed by atoms with van der Waals surface area (Å²) in [6, 6.07) is 8.28. The number of nitrogens with two attached hydrogens (primary N) is 1. The van der Waals surface area contributed by atoms with E-state index in [1.165, 1.54) is 113 Å². The number of unbranched alkanes of at least 4 members (excludes halogenated alkanes) is 15. The minimum atomic E-state index is 0. The van der Waals surface area contributed by atoms with Crippen LogP contribution < -0.4 is 11.3 Å². The molecule has 28 heavy (non-hydrogen) atoms. The number of para-hydroxylation sites is 1. The van der Waals surface area contributed by atoms with Gasteiger partial charge in [-0.3, -0.25) is 5.84 Å². The van der Waals surface area contributed by atoms with Crippen molar-refractivity contribution < 1.29 is 0 Å². The Bertz CT molecular complexity index is 442. The second-order valence-electron chi connectivity index (χ2n) is 7.79. The minimum Gasteiger partial charge on any atom is -0.323 e. The summed E-state index contributed by atoms with van der Waals surface area (Å²) in [5.74, 6) is 6.74. The number of hydrogen-bond acceptors (Lipinski definition) is 3. The van der Waals surface area contributed by atoms with Crippen molar-refractivity contribution in [1.82, 2.24) is 0 Å². The van der Waals surface area contributed by atoms with E-state index in [9.17, 15) is 0 Å². The lowest BCUT2D eigenvalue weighted by Gasteiger charge is -2.08. The van der Waals surface area contributed by atoms with Crippen molar-refractivity contribution in [3.8, 4) is 0 Å².